The van der Waals surface area contributed by atoms with Gasteiger partial charge in [-0.15, -0.1) is 0 Å². The van der Waals surface area contributed by atoms with Crippen LogP contribution in [0.3, 0.4) is 0 Å². The van der Waals surface area contributed by atoms with E-state index in [1.54, 1.807) is 0 Å². The number of ether oxygens (including phenoxy) is 1. The summed E-state index contributed by atoms with van der Waals surface area (Å²) in [6.45, 7) is 13.2. The monoisotopic (exact) mass is 443 g/mol. The minimum absolute atomic E-state index is 0.00648. The molecule has 2 unspecified atom stereocenters. The molecule has 11 atom stereocenters. The molecule has 0 aromatic rings. The number of rotatable bonds is 4. The molecule has 5 aliphatic rings. The molecule has 4 aliphatic carbocycles. The minimum Gasteiger partial charge on any atom is -0.460 e. The van der Waals surface area contributed by atoms with Crippen LogP contribution in [-0.4, -0.2) is 28.8 Å². The van der Waals surface area contributed by atoms with Crippen LogP contribution in [0, 0.1) is 46.3 Å². The summed E-state index contributed by atoms with van der Waals surface area (Å²) < 4.78 is 5.95. The first kappa shape index (κ1) is 22.9. The van der Waals surface area contributed by atoms with Gasteiger partial charge in [0.1, 0.15) is 6.10 Å². The maximum absolute atomic E-state index is 13.0. The molecular weight excluding hydrogens is 398 g/mol. The summed E-state index contributed by atoms with van der Waals surface area (Å²) in [7, 11) is 0. The predicted octanol–water partition coefficient (Wildman–Crippen LogP) is 5.23. The average Bonchev–Trinajstić information content (AvgIpc) is 3.17. The number of hydrogen-bond donors (Lipinski definition) is 2. The highest BCUT2D eigenvalue weighted by molar-refractivity contribution is 5.82. The van der Waals surface area contributed by atoms with Crippen LogP contribution in [0.4, 0.5) is 0 Å². The molecule has 0 amide bonds. The first-order valence-electron chi connectivity index (χ1n) is 13.3. The lowest BCUT2D eigenvalue weighted by Gasteiger charge is -2.61. The van der Waals surface area contributed by atoms with Crippen molar-refractivity contribution >= 4 is 5.97 Å². The maximum Gasteiger partial charge on any atom is 0.338 e. The fraction of sp³-hybridized carbons (Fsp3) is 0.893. The number of carbonyl (C=O) groups excluding carboxylic acids is 1. The summed E-state index contributed by atoms with van der Waals surface area (Å²) in [6.07, 6.45) is 10.7. The Morgan fingerprint density at radius 1 is 1.16 bits per heavy atom. The lowest BCUT2D eigenvalue weighted by Crippen LogP contribution is -2.57. The third-order valence-electron chi connectivity index (χ3n) is 11.6. The van der Waals surface area contributed by atoms with Gasteiger partial charge in [0.2, 0.25) is 0 Å². The van der Waals surface area contributed by atoms with E-state index in [0.29, 0.717) is 35.6 Å². The van der Waals surface area contributed by atoms with E-state index in [1.165, 1.54) is 38.5 Å². The summed E-state index contributed by atoms with van der Waals surface area (Å²) in [5.41, 5.74) is 6.56. The first-order chi connectivity index (χ1) is 15.0. The van der Waals surface area contributed by atoms with Gasteiger partial charge in [-0.1, -0.05) is 32.9 Å². The second kappa shape index (κ2) is 7.57. The van der Waals surface area contributed by atoms with E-state index in [1.807, 2.05) is 6.92 Å². The van der Waals surface area contributed by atoms with Gasteiger partial charge < -0.3 is 15.6 Å². The molecule has 5 fully saturated rings. The van der Waals surface area contributed by atoms with E-state index in [0.717, 1.165) is 36.7 Å². The normalized spacial score (nSPS) is 52.9. The Bertz CT molecular complexity index is 796. The number of allylic oxidation sites excluding steroid dienone is 1. The van der Waals surface area contributed by atoms with E-state index in [2.05, 4.69) is 27.4 Å². The van der Waals surface area contributed by atoms with Crippen LogP contribution in [-0.2, 0) is 9.53 Å². The second-order valence-electron chi connectivity index (χ2n) is 13.1. The van der Waals surface area contributed by atoms with E-state index >= 15 is 0 Å². The SMILES string of the molecule is C=C(C)C(C)CC[C@@]1(O)C(=O)O[C@H]2C[C@H]3[C@@H]4CCC5C[C@@H](N)CC[C@]5(C)[C@H]4CC[C@]3(C)[C@H]21. The van der Waals surface area contributed by atoms with E-state index < -0.39 is 5.60 Å². The molecule has 1 aliphatic heterocycles. The van der Waals surface area contributed by atoms with Crippen molar-refractivity contribution in [3.8, 4) is 0 Å². The van der Waals surface area contributed by atoms with Crippen LogP contribution in [0.25, 0.3) is 0 Å². The number of esters is 1. The van der Waals surface area contributed by atoms with Gasteiger partial charge in [-0.05, 0) is 112 Å². The van der Waals surface area contributed by atoms with Gasteiger partial charge in [-0.2, -0.15) is 0 Å². The molecule has 4 saturated carbocycles. The number of aliphatic hydroxyl groups is 1. The Kier molecular flexibility index (Phi) is 5.41. The number of nitrogens with two attached hydrogens (primary N) is 1. The van der Waals surface area contributed by atoms with Gasteiger partial charge in [0.05, 0.1) is 0 Å². The predicted molar refractivity (Wildman–Crippen MR) is 127 cm³/mol. The Morgan fingerprint density at radius 3 is 2.59 bits per heavy atom. The van der Waals surface area contributed by atoms with Gasteiger partial charge >= 0.3 is 5.97 Å². The van der Waals surface area contributed by atoms with Crippen LogP contribution in [0.5, 0.6) is 0 Å². The second-order valence-corrected chi connectivity index (χ2v) is 13.1. The summed E-state index contributed by atoms with van der Waals surface area (Å²) in [6, 6.07) is 0.389. The molecule has 32 heavy (non-hydrogen) atoms. The molecule has 4 heteroatoms. The van der Waals surface area contributed by atoms with Crippen molar-refractivity contribution in [2.45, 2.75) is 110 Å². The Hall–Kier alpha value is -0.870. The molecule has 1 saturated heterocycles. The van der Waals surface area contributed by atoms with Crippen molar-refractivity contribution in [2.24, 2.45) is 52.1 Å². The molecule has 180 valence electrons. The molecule has 0 aromatic carbocycles. The maximum atomic E-state index is 13.0. The third kappa shape index (κ3) is 3.11. The smallest absolute Gasteiger partial charge is 0.338 e. The highest BCUT2D eigenvalue weighted by atomic mass is 16.6. The first-order valence-corrected chi connectivity index (χ1v) is 13.3. The molecule has 5 rings (SSSR count). The minimum atomic E-state index is -1.33. The van der Waals surface area contributed by atoms with Crippen molar-refractivity contribution in [2.75, 3.05) is 0 Å². The highest BCUT2D eigenvalue weighted by Gasteiger charge is 2.71. The zero-order valence-electron chi connectivity index (χ0n) is 20.7. The largest absolute Gasteiger partial charge is 0.460 e. The molecule has 0 aromatic heterocycles. The Labute approximate surface area is 194 Å². The standard InChI is InChI=1S/C28H45NO3/c1-16(2)17(3)8-13-28(31)24-23(32-25(28)30)15-22-20-7-6-18-14-19(29)9-11-26(18,4)21(20)10-12-27(22,24)5/h17-24,31H,1,6-15,29H2,2-5H3/t17?,18?,19-,20+,21-,22-,23-,24-,26-,27-,28-/m0/s1. The van der Waals surface area contributed by atoms with E-state index in [9.17, 15) is 9.90 Å². The van der Waals surface area contributed by atoms with Gasteiger partial charge in [0.25, 0.3) is 0 Å². The lowest BCUT2D eigenvalue weighted by molar-refractivity contribution is -0.166. The number of fused-ring (bicyclic) bond motifs is 7. The summed E-state index contributed by atoms with van der Waals surface area (Å²) >= 11 is 0. The van der Waals surface area contributed by atoms with Gasteiger partial charge in [0, 0.05) is 12.0 Å². The lowest BCUT2D eigenvalue weighted by atomic mass is 9.44. The molecule has 4 nitrogen and oxygen atoms in total. The summed E-state index contributed by atoms with van der Waals surface area (Å²) in [5.74, 6) is 2.68. The molecule has 1 heterocycles. The molecule has 0 bridgehead atoms. The third-order valence-corrected chi connectivity index (χ3v) is 11.6. The van der Waals surface area contributed by atoms with Crippen molar-refractivity contribution in [3.05, 3.63) is 12.2 Å². The summed E-state index contributed by atoms with van der Waals surface area (Å²) in [4.78, 5) is 13.0. The van der Waals surface area contributed by atoms with Crippen molar-refractivity contribution < 1.29 is 14.6 Å². The zero-order valence-corrected chi connectivity index (χ0v) is 20.7. The van der Waals surface area contributed by atoms with Crippen LogP contribution < -0.4 is 5.73 Å². The zero-order chi connectivity index (χ0) is 23.1. The number of hydrogen-bond acceptors (Lipinski definition) is 4. The molecule has 0 radical (unpaired) electrons. The highest BCUT2D eigenvalue weighted by Crippen LogP contribution is 2.70. The quantitative estimate of drug-likeness (QED) is 0.461. The van der Waals surface area contributed by atoms with Crippen LogP contribution in [0.1, 0.15) is 91.9 Å². The van der Waals surface area contributed by atoms with Crippen molar-refractivity contribution in [3.63, 3.8) is 0 Å². The van der Waals surface area contributed by atoms with Gasteiger partial charge in [0.15, 0.2) is 5.60 Å². The van der Waals surface area contributed by atoms with Crippen LogP contribution in [0.15, 0.2) is 12.2 Å². The molecule has 0 spiro atoms. The summed E-state index contributed by atoms with van der Waals surface area (Å²) in [5, 5.41) is 11.8. The van der Waals surface area contributed by atoms with Crippen molar-refractivity contribution in [1.29, 1.82) is 0 Å². The van der Waals surface area contributed by atoms with Crippen molar-refractivity contribution in [1.82, 2.24) is 0 Å². The Balaban J connectivity index is 1.40. The topological polar surface area (TPSA) is 72.5 Å². The number of carbonyl (C=O) groups is 1. The van der Waals surface area contributed by atoms with Gasteiger partial charge in [-0.3, -0.25) is 0 Å². The van der Waals surface area contributed by atoms with Crippen LogP contribution >= 0.6 is 0 Å². The van der Waals surface area contributed by atoms with Crippen LogP contribution in [0.2, 0.25) is 0 Å². The fourth-order valence-electron chi connectivity index (χ4n) is 9.56. The van der Waals surface area contributed by atoms with E-state index in [-0.39, 0.29) is 23.4 Å². The average molecular weight is 444 g/mol. The fourth-order valence-corrected chi connectivity index (χ4v) is 9.56. The molecule has 3 N–H and O–H groups in total. The Morgan fingerprint density at radius 2 is 1.88 bits per heavy atom. The molecular formula is C28H45NO3. The van der Waals surface area contributed by atoms with E-state index in [4.69, 9.17) is 10.5 Å². The van der Waals surface area contributed by atoms with Gasteiger partial charge in [-0.25, -0.2) is 4.79 Å².